The summed E-state index contributed by atoms with van der Waals surface area (Å²) < 4.78 is 0. The molecule has 0 bridgehead atoms. The Morgan fingerprint density at radius 1 is 0.711 bits per heavy atom. The van der Waals surface area contributed by atoms with Crippen LogP contribution in [0.25, 0.3) is 11.1 Å². The Bertz CT molecular complexity index is 1370. The van der Waals surface area contributed by atoms with Crippen molar-refractivity contribution in [2.45, 2.75) is 24.4 Å². The van der Waals surface area contributed by atoms with Gasteiger partial charge in [-0.3, -0.25) is 9.69 Å². The van der Waals surface area contributed by atoms with Crippen LogP contribution in [0.5, 0.6) is 0 Å². The van der Waals surface area contributed by atoms with Gasteiger partial charge < -0.3 is 10.0 Å². The molecule has 0 radical (unpaired) electrons. The molecule has 1 unspecified atom stereocenters. The zero-order chi connectivity index (χ0) is 26.1. The molecule has 1 fully saturated rings. The van der Waals surface area contributed by atoms with Gasteiger partial charge in [-0.25, -0.2) is 4.79 Å². The summed E-state index contributed by atoms with van der Waals surface area (Å²) in [5.41, 5.74) is 6.83. The number of carboxylic acid groups (broad SMARTS) is 1. The standard InChI is InChI=1S/C33H30N2O3/c36-31(21-29-27-17-9-7-15-25(27)26-16-8-10-18-28(26)29)35-20-19-34(22-30(35)33(37)38)32(23-11-3-1-4-12-23)24-13-5-2-6-14-24/h1-18,29-30,32H,19-22H2,(H,37,38). The first-order chi connectivity index (χ1) is 18.6. The molecule has 5 heteroatoms. The van der Waals surface area contributed by atoms with Crippen molar-refractivity contribution in [3.05, 3.63) is 131 Å². The lowest BCUT2D eigenvalue weighted by molar-refractivity contribution is -0.154. The van der Waals surface area contributed by atoms with E-state index in [1.165, 1.54) is 0 Å². The van der Waals surface area contributed by atoms with Crippen molar-refractivity contribution in [3.63, 3.8) is 0 Å². The molecule has 1 atom stereocenters. The van der Waals surface area contributed by atoms with Crippen LogP contribution >= 0.6 is 0 Å². The fraction of sp³-hybridized carbons (Fsp3) is 0.212. The first kappa shape index (κ1) is 24.1. The summed E-state index contributed by atoms with van der Waals surface area (Å²) in [6.45, 7) is 1.25. The summed E-state index contributed by atoms with van der Waals surface area (Å²) in [5.74, 6) is -1.14. The van der Waals surface area contributed by atoms with Crippen LogP contribution < -0.4 is 0 Å². The summed E-state index contributed by atoms with van der Waals surface area (Å²) in [6, 6.07) is 35.8. The van der Waals surface area contributed by atoms with Gasteiger partial charge in [-0.15, -0.1) is 0 Å². The molecular formula is C33H30N2O3. The Morgan fingerprint density at radius 3 is 1.74 bits per heavy atom. The number of nitrogens with zero attached hydrogens (tertiary/aromatic N) is 2. The van der Waals surface area contributed by atoms with Crippen molar-refractivity contribution in [1.82, 2.24) is 9.80 Å². The van der Waals surface area contributed by atoms with Crippen LogP contribution in [0, 0.1) is 0 Å². The van der Waals surface area contributed by atoms with Crippen molar-refractivity contribution in [2.75, 3.05) is 19.6 Å². The number of rotatable bonds is 6. The van der Waals surface area contributed by atoms with E-state index < -0.39 is 12.0 Å². The van der Waals surface area contributed by atoms with E-state index in [-0.39, 0.29) is 30.8 Å². The van der Waals surface area contributed by atoms with Crippen LogP contribution in [0.4, 0.5) is 0 Å². The molecule has 1 aliphatic carbocycles. The maximum atomic E-state index is 13.7. The SMILES string of the molecule is O=C(O)C1CN(C(c2ccccc2)c2ccccc2)CCN1C(=O)CC1c2ccccc2-c2ccccc21. The third kappa shape index (κ3) is 4.39. The van der Waals surface area contributed by atoms with Gasteiger partial charge in [-0.1, -0.05) is 109 Å². The molecule has 38 heavy (non-hydrogen) atoms. The molecule has 6 rings (SSSR count). The average Bonchev–Trinajstić information content (AvgIpc) is 3.28. The maximum Gasteiger partial charge on any atom is 0.327 e. The second-order valence-electron chi connectivity index (χ2n) is 10.1. The Kier molecular flexibility index (Phi) is 6.52. The van der Waals surface area contributed by atoms with E-state index in [1.54, 1.807) is 4.90 Å². The molecule has 4 aromatic rings. The lowest BCUT2D eigenvalue weighted by atomic mass is 9.92. The predicted octanol–water partition coefficient (Wildman–Crippen LogP) is 5.58. The summed E-state index contributed by atoms with van der Waals surface area (Å²) in [7, 11) is 0. The van der Waals surface area contributed by atoms with Crippen molar-refractivity contribution in [1.29, 1.82) is 0 Å². The van der Waals surface area contributed by atoms with Crippen LogP contribution in [-0.4, -0.2) is 52.5 Å². The van der Waals surface area contributed by atoms with Crippen LogP contribution in [0.1, 0.15) is 40.6 Å². The maximum absolute atomic E-state index is 13.7. The van der Waals surface area contributed by atoms with Crippen molar-refractivity contribution < 1.29 is 14.7 Å². The Morgan fingerprint density at radius 2 is 1.21 bits per heavy atom. The van der Waals surface area contributed by atoms with E-state index in [0.717, 1.165) is 33.4 Å². The molecule has 1 amide bonds. The van der Waals surface area contributed by atoms with Gasteiger partial charge in [-0.2, -0.15) is 0 Å². The lowest BCUT2D eigenvalue weighted by Gasteiger charge is -2.43. The summed E-state index contributed by atoms with van der Waals surface area (Å²) in [6.07, 6.45) is 0.263. The Labute approximate surface area is 223 Å². The first-order valence-corrected chi connectivity index (χ1v) is 13.2. The highest BCUT2D eigenvalue weighted by molar-refractivity contribution is 5.87. The molecule has 4 aromatic carbocycles. The number of piperazine rings is 1. The van der Waals surface area contributed by atoms with Crippen molar-refractivity contribution >= 4 is 11.9 Å². The number of carbonyl (C=O) groups excluding carboxylic acids is 1. The van der Waals surface area contributed by atoms with E-state index in [4.69, 9.17) is 0 Å². The number of hydrogen-bond acceptors (Lipinski definition) is 3. The van der Waals surface area contributed by atoms with Gasteiger partial charge in [0.05, 0.1) is 6.04 Å². The molecule has 1 aliphatic heterocycles. The summed E-state index contributed by atoms with van der Waals surface area (Å²) in [5, 5.41) is 10.3. The number of carboxylic acids is 1. The van der Waals surface area contributed by atoms with E-state index >= 15 is 0 Å². The monoisotopic (exact) mass is 502 g/mol. The van der Waals surface area contributed by atoms with Gasteiger partial charge in [0.15, 0.2) is 0 Å². The van der Waals surface area contributed by atoms with E-state index in [1.807, 2.05) is 60.7 Å². The highest BCUT2D eigenvalue weighted by Gasteiger charge is 2.40. The van der Waals surface area contributed by atoms with Crippen molar-refractivity contribution in [3.8, 4) is 11.1 Å². The number of amides is 1. The smallest absolute Gasteiger partial charge is 0.327 e. The molecular weight excluding hydrogens is 472 g/mol. The second kappa shape index (κ2) is 10.3. The number of fused-ring (bicyclic) bond motifs is 3. The van der Waals surface area contributed by atoms with E-state index in [9.17, 15) is 14.7 Å². The number of benzene rings is 4. The minimum Gasteiger partial charge on any atom is -0.480 e. The van der Waals surface area contributed by atoms with Gasteiger partial charge >= 0.3 is 5.97 Å². The second-order valence-corrected chi connectivity index (χ2v) is 10.1. The quantitative estimate of drug-likeness (QED) is 0.374. The topological polar surface area (TPSA) is 60.9 Å². The first-order valence-electron chi connectivity index (χ1n) is 13.2. The number of carbonyl (C=O) groups is 2. The Balaban J connectivity index is 1.26. The third-order valence-corrected chi connectivity index (χ3v) is 7.95. The molecule has 2 aliphatic rings. The van der Waals surface area contributed by atoms with E-state index in [0.29, 0.717) is 13.1 Å². The van der Waals surface area contributed by atoms with Crippen LogP contribution in [0.15, 0.2) is 109 Å². The summed E-state index contributed by atoms with van der Waals surface area (Å²) >= 11 is 0. The normalized spacial score (nSPS) is 17.3. The lowest BCUT2D eigenvalue weighted by Crippen LogP contribution is -2.59. The zero-order valence-electron chi connectivity index (χ0n) is 21.1. The molecule has 5 nitrogen and oxygen atoms in total. The largest absolute Gasteiger partial charge is 0.480 e. The molecule has 0 aromatic heterocycles. The van der Waals surface area contributed by atoms with Crippen molar-refractivity contribution in [2.24, 2.45) is 0 Å². The summed E-state index contributed by atoms with van der Waals surface area (Å²) in [4.78, 5) is 30.1. The van der Waals surface area contributed by atoms with Crippen LogP contribution in [0.2, 0.25) is 0 Å². The van der Waals surface area contributed by atoms with Gasteiger partial charge in [-0.05, 0) is 33.4 Å². The van der Waals surface area contributed by atoms with Gasteiger partial charge in [0.25, 0.3) is 0 Å². The van der Waals surface area contributed by atoms with Crippen LogP contribution in [-0.2, 0) is 9.59 Å². The molecule has 1 saturated heterocycles. The molecule has 0 saturated carbocycles. The zero-order valence-corrected chi connectivity index (χ0v) is 21.1. The predicted molar refractivity (Wildman–Crippen MR) is 148 cm³/mol. The highest BCUT2D eigenvalue weighted by Crippen LogP contribution is 2.46. The number of hydrogen-bond donors (Lipinski definition) is 1. The van der Waals surface area contributed by atoms with Crippen LogP contribution in [0.3, 0.4) is 0 Å². The van der Waals surface area contributed by atoms with E-state index in [2.05, 4.69) is 53.4 Å². The number of aliphatic carboxylic acids is 1. The molecule has 1 N–H and O–H groups in total. The van der Waals surface area contributed by atoms with Gasteiger partial charge in [0.1, 0.15) is 6.04 Å². The molecule has 190 valence electrons. The molecule has 0 spiro atoms. The minimum atomic E-state index is -0.963. The minimum absolute atomic E-state index is 0.0660. The molecule has 1 heterocycles. The third-order valence-electron chi connectivity index (χ3n) is 7.95. The average molecular weight is 503 g/mol. The fourth-order valence-corrected chi connectivity index (χ4v) is 6.20. The van der Waals surface area contributed by atoms with Gasteiger partial charge in [0, 0.05) is 32.0 Å². The Hall–Kier alpha value is -4.22. The fourth-order valence-electron chi connectivity index (χ4n) is 6.20. The van der Waals surface area contributed by atoms with Gasteiger partial charge in [0.2, 0.25) is 5.91 Å². The highest BCUT2D eigenvalue weighted by atomic mass is 16.4.